The molecule has 2 rings (SSSR count). The highest BCUT2D eigenvalue weighted by Crippen LogP contribution is 2.20. The minimum Gasteiger partial charge on any atom is -0.377 e. The Morgan fingerprint density at radius 1 is 1.47 bits per heavy atom. The number of halogens is 1. The van der Waals surface area contributed by atoms with E-state index in [9.17, 15) is 14.5 Å². The van der Waals surface area contributed by atoms with Crippen LogP contribution in [0.3, 0.4) is 0 Å². The zero-order valence-electron chi connectivity index (χ0n) is 8.68. The van der Waals surface area contributed by atoms with Crippen LogP contribution in [0.25, 0.3) is 0 Å². The lowest BCUT2D eigenvalue weighted by atomic mass is 10.2. The van der Waals surface area contributed by atoms with Crippen molar-refractivity contribution >= 4 is 11.4 Å². The largest absolute Gasteiger partial charge is 0.377 e. The van der Waals surface area contributed by atoms with Gasteiger partial charge in [0.25, 0.3) is 5.69 Å². The molecular formula is C10H9FN4O2. The molecule has 0 spiro atoms. The van der Waals surface area contributed by atoms with E-state index >= 15 is 0 Å². The van der Waals surface area contributed by atoms with Crippen LogP contribution in [0.2, 0.25) is 0 Å². The molecule has 2 N–H and O–H groups in total. The lowest BCUT2D eigenvalue weighted by Crippen LogP contribution is -2.02. The van der Waals surface area contributed by atoms with Gasteiger partial charge in [-0.3, -0.25) is 15.2 Å². The van der Waals surface area contributed by atoms with Crippen molar-refractivity contribution in [2.45, 2.75) is 6.54 Å². The van der Waals surface area contributed by atoms with E-state index in [4.69, 9.17) is 0 Å². The van der Waals surface area contributed by atoms with Gasteiger partial charge in [-0.15, -0.1) is 0 Å². The van der Waals surface area contributed by atoms with Crippen LogP contribution >= 0.6 is 0 Å². The Balaban J connectivity index is 2.09. The summed E-state index contributed by atoms with van der Waals surface area (Å²) in [5, 5.41) is 19.7. The lowest BCUT2D eigenvalue weighted by Gasteiger charge is -2.05. The van der Waals surface area contributed by atoms with Crippen molar-refractivity contribution in [3.05, 3.63) is 52.1 Å². The average Bonchev–Trinajstić information content (AvgIpc) is 2.80. The van der Waals surface area contributed by atoms with Crippen LogP contribution in [0, 0.1) is 15.9 Å². The van der Waals surface area contributed by atoms with Crippen molar-refractivity contribution < 1.29 is 9.31 Å². The fourth-order valence-corrected chi connectivity index (χ4v) is 1.33. The standard InChI is InChI=1S/C10H9FN4O2/c11-9-5-8(15(16)17)1-2-10(9)12-6-7-3-4-13-14-7/h1-5,12H,6H2,(H,13,14). The molecule has 0 fully saturated rings. The Hall–Kier alpha value is -2.44. The summed E-state index contributed by atoms with van der Waals surface area (Å²) < 4.78 is 13.4. The maximum absolute atomic E-state index is 13.4. The third kappa shape index (κ3) is 2.57. The maximum atomic E-state index is 13.4. The third-order valence-electron chi connectivity index (χ3n) is 2.19. The lowest BCUT2D eigenvalue weighted by molar-refractivity contribution is -0.385. The fraction of sp³-hybridized carbons (Fsp3) is 0.100. The van der Waals surface area contributed by atoms with Gasteiger partial charge in [0, 0.05) is 12.3 Å². The minimum atomic E-state index is -0.654. The van der Waals surface area contributed by atoms with Crippen molar-refractivity contribution in [3.63, 3.8) is 0 Å². The molecule has 88 valence electrons. The predicted molar refractivity (Wildman–Crippen MR) is 59.0 cm³/mol. The Bertz CT molecular complexity index is 527. The number of benzene rings is 1. The van der Waals surface area contributed by atoms with E-state index < -0.39 is 10.7 Å². The topological polar surface area (TPSA) is 83.8 Å². The van der Waals surface area contributed by atoms with Crippen LogP contribution < -0.4 is 5.32 Å². The number of aromatic nitrogens is 2. The van der Waals surface area contributed by atoms with E-state index in [1.807, 2.05) is 0 Å². The van der Waals surface area contributed by atoms with E-state index in [2.05, 4.69) is 15.5 Å². The first-order valence-electron chi connectivity index (χ1n) is 4.83. The molecule has 0 atom stereocenters. The zero-order chi connectivity index (χ0) is 12.3. The first-order valence-corrected chi connectivity index (χ1v) is 4.83. The number of rotatable bonds is 4. The second-order valence-electron chi connectivity index (χ2n) is 3.36. The van der Waals surface area contributed by atoms with Crippen LogP contribution in [-0.2, 0) is 6.54 Å². The zero-order valence-corrected chi connectivity index (χ0v) is 8.68. The molecule has 0 amide bonds. The van der Waals surface area contributed by atoms with Gasteiger partial charge < -0.3 is 5.32 Å². The fourth-order valence-electron chi connectivity index (χ4n) is 1.33. The maximum Gasteiger partial charge on any atom is 0.272 e. The van der Waals surface area contributed by atoms with E-state index in [1.54, 1.807) is 12.3 Å². The summed E-state index contributed by atoms with van der Waals surface area (Å²) in [4.78, 5) is 9.78. The van der Waals surface area contributed by atoms with Gasteiger partial charge in [0.05, 0.1) is 28.9 Å². The van der Waals surface area contributed by atoms with Gasteiger partial charge in [-0.1, -0.05) is 0 Å². The number of aromatic amines is 1. The van der Waals surface area contributed by atoms with Crippen LogP contribution in [0.1, 0.15) is 5.69 Å². The molecule has 0 unspecified atom stereocenters. The van der Waals surface area contributed by atoms with E-state index in [0.717, 1.165) is 11.8 Å². The summed E-state index contributed by atoms with van der Waals surface area (Å²) in [7, 11) is 0. The molecule has 7 heteroatoms. The van der Waals surface area contributed by atoms with Crippen LogP contribution in [0.5, 0.6) is 0 Å². The molecule has 1 aromatic heterocycles. The summed E-state index contributed by atoms with van der Waals surface area (Å²) in [6.07, 6.45) is 1.59. The predicted octanol–water partition coefficient (Wildman–Crippen LogP) is 2.07. The molecule has 0 bridgehead atoms. The van der Waals surface area contributed by atoms with E-state index in [1.165, 1.54) is 12.1 Å². The van der Waals surface area contributed by atoms with Gasteiger partial charge >= 0.3 is 0 Å². The normalized spacial score (nSPS) is 10.2. The summed E-state index contributed by atoms with van der Waals surface area (Å²) in [6, 6.07) is 5.22. The molecule has 6 nitrogen and oxygen atoms in total. The number of nitrogens with one attached hydrogen (secondary N) is 2. The Kier molecular flexibility index (Phi) is 2.99. The van der Waals surface area contributed by atoms with Gasteiger partial charge in [-0.2, -0.15) is 5.10 Å². The number of hydrogen-bond acceptors (Lipinski definition) is 4. The van der Waals surface area contributed by atoms with Gasteiger partial charge in [-0.25, -0.2) is 4.39 Å². The molecule has 1 heterocycles. The van der Waals surface area contributed by atoms with Crippen molar-refractivity contribution in [3.8, 4) is 0 Å². The summed E-state index contributed by atoms with van der Waals surface area (Å²) in [5.41, 5.74) is 0.738. The Morgan fingerprint density at radius 2 is 2.29 bits per heavy atom. The van der Waals surface area contributed by atoms with Gasteiger partial charge in [0.15, 0.2) is 5.82 Å². The van der Waals surface area contributed by atoms with Crippen LogP contribution in [-0.4, -0.2) is 15.1 Å². The molecule has 2 aromatic rings. The van der Waals surface area contributed by atoms with Gasteiger partial charge in [0.1, 0.15) is 0 Å². The number of H-pyrrole nitrogens is 1. The molecule has 1 aromatic carbocycles. The second kappa shape index (κ2) is 4.60. The highest BCUT2D eigenvalue weighted by molar-refractivity contribution is 5.50. The quantitative estimate of drug-likeness (QED) is 0.628. The number of nitro benzene ring substituents is 1. The first kappa shape index (κ1) is 11.1. The number of nitrogens with zero attached hydrogens (tertiary/aromatic N) is 2. The molecule has 17 heavy (non-hydrogen) atoms. The average molecular weight is 236 g/mol. The molecule has 0 aliphatic carbocycles. The number of nitro groups is 1. The SMILES string of the molecule is O=[N+]([O-])c1ccc(NCc2ccn[nH]2)c(F)c1. The highest BCUT2D eigenvalue weighted by atomic mass is 19.1. The minimum absolute atomic E-state index is 0.213. The number of non-ortho nitro benzene ring substituents is 1. The highest BCUT2D eigenvalue weighted by Gasteiger charge is 2.10. The smallest absolute Gasteiger partial charge is 0.272 e. The second-order valence-corrected chi connectivity index (χ2v) is 3.36. The van der Waals surface area contributed by atoms with Crippen molar-refractivity contribution in [1.29, 1.82) is 0 Å². The first-order chi connectivity index (χ1) is 8.16. The molecule has 0 aliphatic rings. The van der Waals surface area contributed by atoms with Crippen molar-refractivity contribution in [2.24, 2.45) is 0 Å². The third-order valence-corrected chi connectivity index (χ3v) is 2.19. The molecule has 0 saturated heterocycles. The number of hydrogen-bond donors (Lipinski definition) is 2. The Morgan fingerprint density at radius 3 is 2.88 bits per heavy atom. The monoisotopic (exact) mass is 236 g/mol. The summed E-state index contributed by atoms with van der Waals surface area (Å²) >= 11 is 0. The summed E-state index contributed by atoms with van der Waals surface area (Å²) in [6.45, 7) is 0.370. The Labute approximate surface area is 95.6 Å². The van der Waals surface area contributed by atoms with E-state index in [-0.39, 0.29) is 11.4 Å². The summed E-state index contributed by atoms with van der Waals surface area (Å²) in [5.74, 6) is -0.654. The molecular weight excluding hydrogens is 227 g/mol. The van der Waals surface area contributed by atoms with Crippen LogP contribution in [0.4, 0.5) is 15.8 Å². The number of anilines is 1. The van der Waals surface area contributed by atoms with Crippen molar-refractivity contribution in [2.75, 3.05) is 5.32 Å². The van der Waals surface area contributed by atoms with Crippen molar-refractivity contribution in [1.82, 2.24) is 10.2 Å². The van der Waals surface area contributed by atoms with E-state index in [0.29, 0.717) is 6.54 Å². The molecule has 0 saturated carbocycles. The molecule has 0 radical (unpaired) electrons. The van der Waals surface area contributed by atoms with Gasteiger partial charge in [0.2, 0.25) is 0 Å². The van der Waals surface area contributed by atoms with Crippen LogP contribution in [0.15, 0.2) is 30.5 Å². The van der Waals surface area contributed by atoms with Gasteiger partial charge in [-0.05, 0) is 12.1 Å². The molecule has 0 aliphatic heterocycles.